The number of nitrogens with two attached hydrogens (primary N) is 2. The molecular formula is C25H34N6O8. The van der Waals surface area contributed by atoms with Crippen LogP contribution in [0.2, 0.25) is 0 Å². The number of benzene rings is 1. The molecule has 0 spiro atoms. The first-order valence-electron chi connectivity index (χ1n) is 12.2. The van der Waals surface area contributed by atoms with Crippen LogP contribution in [0.25, 0.3) is 10.9 Å². The summed E-state index contributed by atoms with van der Waals surface area (Å²) in [4.78, 5) is 75.7. The van der Waals surface area contributed by atoms with Gasteiger partial charge in [0.1, 0.15) is 18.1 Å². The summed E-state index contributed by atoms with van der Waals surface area (Å²) in [7, 11) is 0. The summed E-state index contributed by atoms with van der Waals surface area (Å²) in [5.41, 5.74) is 12.2. The number of rotatable bonds is 15. The number of fused-ring (bicyclic) bond motifs is 1. The minimum atomic E-state index is -1.51. The summed E-state index contributed by atoms with van der Waals surface area (Å²) in [5, 5.41) is 26.5. The van der Waals surface area contributed by atoms with E-state index < -0.39 is 78.5 Å². The Kier molecular flexibility index (Phi) is 11.0. The zero-order valence-corrected chi connectivity index (χ0v) is 21.6. The van der Waals surface area contributed by atoms with Gasteiger partial charge < -0.3 is 42.6 Å². The van der Waals surface area contributed by atoms with E-state index in [1.54, 1.807) is 26.1 Å². The highest BCUT2D eigenvalue weighted by atomic mass is 16.4. The number of carboxylic acid groups (broad SMARTS) is 2. The number of H-pyrrole nitrogens is 1. The number of carbonyl (C=O) groups is 6. The topological polar surface area (TPSA) is 247 Å². The van der Waals surface area contributed by atoms with Gasteiger partial charge in [-0.3, -0.25) is 24.0 Å². The number of nitrogens with one attached hydrogen (secondary N) is 4. The highest BCUT2D eigenvalue weighted by Crippen LogP contribution is 2.19. The quantitative estimate of drug-likeness (QED) is 0.136. The third-order valence-corrected chi connectivity index (χ3v) is 6.00. The van der Waals surface area contributed by atoms with Crippen LogP contribution in [-0.4, -0.2) is 74.9 Å². The van der Waals surface area contributed by atoms with E-state index in [1.165, 1.54) is 0 Å². The van der Waals surface area contributed by atoms with E-state index in [1.807, 2.05) is 18.2 Å². The van der Waals surface area contributed by atoms with Crippen LogP contribution in [0, 0.1) is 5.92 Å². The summed E-state index contributed by atoms with van der Waals surface area (Å²) in [6.07, 6.45) is 0.306. The zero-order valence-electron chi connectivity index (χ0n) is 21.6. The molecule has 4 atom stereocenters. The maximum atomic E-state index is 13.3. The van der Waals surface area contributed by atoms with Gasteiger partial charge in [-0.05, 0) is 24.0 Å². The summed E-state index contributed by atoms with van der Waals surface area (Å²) < 4.78 is 0. The number of para-hydroxylation sites is 1. The molecule has 1 aromatic heterocycles. The first-order valence-corrected chi connectivity index (χ1v) is 12.2. The van der Waals surface area contributed by atoms with Crippen LogP contribution in [0.15, 0.2) is 30.5 Å². The number of hydrogen-bond acceptors (Lipinski definition) is 7. The van der Waals surface area contributed by atoms with Gasteiger partial charge in [-0.15, -0.1) is 0 Å². The molecule has 0 bridgehead atoms. The lowest BCUT2D eigenvalue weighted by atomic mass is 9.99. The smallest absolute Gasteiger partial charge is 0.326 e. The van der Waals surface area contributed by atoms with Gasteiger partial charge in [0.15, 0.2) is 0 Å². The second-order valence-electron chi connectivity index (χ2n) is 9.46. The Bertz CT molecular complexity index is 1230. The van der Waals surface area contributed by atoms with Crippen LogP contribution >= 0.6 is 0 Å². The average molecular weight is 547 g/mol. The lowest BCUT2D eigenvalue weighted by molar-refractivity contribution is -0.143. The predicted molar refractivity (Wildman–Crippen MR) is 139 cm³/mol. The third-order valence-electron chi connectivity index (χ3n) is 6.00. The van der Waals surface area contributed by atoms with Crippen molar-refractivity contribution in [3.8, 4) is 0 Å². The van der Waals surface area contributed by atoms with Crippen molar-refractivity contribution in [3.05, 3.63) is 36.0 Å². The van der Waals surface area contributed by atoms with Crippen LogP contribution in [0.1, 0.15) is 38.7 Å². The summed E-state index contributed by atoms with van der Waals surface area (Å²) in [6, 6.07) is 1.99. The van der Waals surface area contributed by atoms with Crippen molar-refractivity contribution in [1.29, 1.82) is 0 Å². The van der Waals surface area contributed by atoms with E-state index in [2.05, 4.69) is 20.9 Å². The highest BCUT2D eigenvalue weighted by molar-refractivity contribution is 5.95. The Morgan fingerprint density at radius 3 is 2.15 bits per heavy atom. The number of carbonyl (C=O) groups excluding carboxylic acids is 4. The normalized spacial score (nSPS) is 14.2. The molecule has 1 aromatic carbocycles. The van der Waals surface area contributed by atoms with Crippen molar-refractivity contribution in [3.63, 3.8) is 0 Å². The van der Waals surface area contributed by atoms with E-state index >= 15 is 0 Å². The number of carboxylic acids is 2. The summed E-state index contributed by atoms with van der Waals surface area (Å²) >= 11 is 0. The average Bonchev–Trinajstić information content (AvgIpc) is 3.26. The van der Waals surface area contributed by atoms with Gasteiger partial charge >= 0.3 is 11.9 Å². The lowest BCUT2D eigenvalue weighted by Crippen LogP contribution is -2.59. The largest absolute Gasteiger partial charge is 0.481 e. The Morgan fingerprint density at radius 1 is 0.923 bits per heavy atom. The third kappa shape index (κ3) is 9.10. The second kappa shape index (κ2) is 13.9. The monoisotopic (exact) mass is 546 g/mol. The molecule has 4 amide bonds. The molecule has 4 unspecified atom stereocenters. The fraction of sp³-hybridized carbons (Fsp3) is 0.440. The fourth-order valence-electron chi connectivity index (χ4n) is 3.89. The van der Waals surface area contributed by atoms with Crippen LogP contribution in [0.5, 0.6) is 0 Å². The molecule has 2 aromatic rings. The molecule has 0 aliphatic heterocycles. The first-order chi connectivity index (χ1) is 18.3. The minimum Gasteiger partial charge on any atom is -0.481 e. The van der Waals surface area contributed by atoms with E-state index in [9.17, 15) is 33.9 Å². The van der Waals surface area contributed by atoms with Crippen LogP contribution in [0.3, 0.4) is 0 Å². The van der Waals surface area contributed by atoms with Gasteiger partial charge in [-0.2, -0.15) is 0 Å². The molecule has 10 N–H and O–H groups in total. The minimum absolute atomic E-state index is 0.0488. The van der Waals surface area contributed by atoms with E-state index in [0.717, 1.165) is 10.9 Å². The lowest BCUT2D eigenvalue weighted by Gasteiger charge is -2.27. The Morgan fingerprint density at radius 2 is 1.56 bits per heavy atom. The maximum Gasteiger partial charge on any atom is 0.326 e. The predicted octanol–water partition coefficient (Wildman–Crippen LogP) is -1.03. The van der Waals surface area contributed by atoms with Gasteiger partial charge in [0.05, 0.1) is 12.5 Å². The number of aromatic nitrogens is 1. The van der Waals surface area contributed by atoms with Crippen LogP contribution in [-0.2, 0) is 35.2 Å². The van der Waals surface area contributed by atoms with Crippen molar-refractivity contribution in [1.82, 2.24) is 20.9 Å². The molecule has 1 heterocycles. The van der Waals surface area contributed by atoms with Crippen LogP contribution < -0.4 is 27.4 Å². The number of aromatic amines is 1. The Balaban J connectivity index is 2.31. The molecule has 2 rings (SSSR count). The van der Waals surface area contributed by atoms with Gasteiger partial charge in [-0.25, -0.2) is 4.79 Å². The van der Waals surface area contributed by atoms with Crippen molar-refractivity contribution >= 4 is 46.5 Å². The van der Waals surface area contributed by atoms with E-state index in [-0.39, 0.29) is 12.8 Å². The fourth-order valence-corrected chi connectivity index (χ4v) is 3.89. The highest BCUT2D eigenvalue weighted by Gasteiger charge is 2.32. The molecule has 0 saturated carbocycles. The molecular weight excluding hydrogens is 512 g/mol. The molecule has 0 aliphatic carbocycles. The summed E-state index contributed by atoms with van der Waals surface area (Å²) in [5.74, 6) is -6.32. The number of aliphatic carboxylic acids is 2. The molecule has 0 saturated heterocycles. The van der Waals surface area contributed by atoms with Crippen molar-refractivity contribution in [2.45, 2.75) is 63.7 Å². The molecule has 14 nitrogen and oxygen atoms in total. The van der Waals surface area contributed by atoms with Crippen molar-refractivity contribution in [2.24, 2.45) is 17.4 Å². The molecule has 0 fully saturated rings. The van der Waals surface area contributed by atoms with Gasteiger partial charge in [0.25, 0.3) is 0 Å². The van der Waals surface area contributed by atoms with Gasteiger partial charge in [-0.1, -0.05) is 32.0 Å². The zero-order chi connectivity index (χ0) is 29.3. The molecule has 0 radical (unpaired) electrons. The Labute approximate surface area is 223 Å². The molecule has 39 heavy (non-hydrogen) atoms. The van der Waals surface area contributed by atoms with Crippen molar-refractivity contribution in [2.75, 3.05) is 0 Å². The second-order valence-corrected chi connectivity index (χ2v) is 9.46. The van der Waals surface area contributed by atoms with Gasteiger partial charge in [0.2, 0.25) is 23.6 Å². The molecule has 0 aliphatic rings. The van der Waals surface area contributed by atoms with Crippen LogP contribution in [0.4, 0.5) is 0 Å². The number of amides is 4. The first kappa shape index (κ1) is 30.8. The molecule has 14 heteroatoms. The number of primary amides is 1. The molecule has 212 valence electrons. The number of hydrogen-bond donors (Lipinski definition) is 8. The maximum absolute atomic E-state index is 13.3. The van der Waals surface area contributed by atoms with Crippen molar-refractivity contribution < 1.29 is 39.0 Å². The standard InChI is InChI=1S/C25H34N6O8/c1-12(2)21(31-22(35)15(26)10-19(27)32)24(37)30-18(9-13-11-28-16-6-4-3-5-14(13)16)23(36)29-17(25(38)39)7-8-20(33)34/h3-6,11-12,15,17-18,21,28H,7-10,26H2,1-2H3,(H2,27,32)(H,29,36)(H,30,37)(H,31,35)(H,33,34)(H,38,39). The van der Waals surface area contributed by atoms with Gasteiger partial charge in [0, 0.05) is 29.9 Å². The SMILES string of the molecule is CC(C)C(NC(=O)C(N)CC(N)=O)C(=O)NC(Cc1c[nH]c2ccccc12)C(=O)NC(CCC(=O)O)C(=O)O. The van der Waals surface area contributed by atoms with E-state index in [0.29, 0.717) is 5.56 Å². The Hall–Kier alpha value is -4.46. The van der Waals surface area contributed by atoms with E-state index in [4.69, 9.17) is 16.6 Å². The summed E-state index contributed by atoms with van der Waals surface area (Å²) in [6.45, 7) is 3.29.